The minimum atomic E-state index is -0.376. The van der Waals surface area contributed by atoms with Crippen LogP contribution in [0.3, 0.4) is 0 Å². The van der Waals surface area contributed by atoms with Gasteiger partial charge >= 0.3 is 0 Å². The Morgan fingerprint density at radius 2 is 2.00 bits per heavy atom. The van der Waals surface area contributed by atoms with Crippen LogP contribution >= 0.6 is 0 Å². The highest BCUT2D eigenvalue weighted by Crippen LogP contribution is 2.14. The van der Waals surface area contributed by atoms with Crippen molar-refractivity contribution in [3.8, 4) is 6.19 Å². The van der Waals surface area contributed by atoms with Gasteiger partial charge in [-0.05, 0) is 19.1 Å². The lowest BCUT2D eigenvalue weighted by Gasteiger charge is -2.12. The van der Waals surface area contributed by atoms with Crippen molar-refractivity contribution in [1.82, 2.24) is 0 Å². The van der Waals surface area contributed by atoms with Gasteiger partial charge in [0.05, 0.1) is 5.69 Å². The van der Waals surface area contributed by atoms with Crippen LogP contribution in [0.4, 0.5) is 5.69 Å². The van der Waals surface area contributed by atoms with E-state index in [-0.39, 0.29) is 5.91 Å². The molecule has 3 nitrogen and oxygen atoms in total. The van der Waals surface area contributed by atoms with Gasteiger partial charge < -0.3 is 0 Å². The van der Waals surface area contributed by atoms with Gasteiger partial charge in [0.1, 0.15) is 0 Å². The third-order valence-corrected chi connectivity index (χ3v) is 1.68. The summed E-state index contributed by atoms with van der Waals surface area (Å²) in [5, 5.41) is 8.81. The standard InChI is InChI=1S/C11H10N2O/c1-9(2)11(14)13(8-12)10-6-4-3-5-7-10/h3-7H,1H2,2H3. The van der Waals surface area contributed by atoms with Crippen molar-refractivity contribution in [2.24, 2.45) is 0 Å². The predicted molar refractivity (Wildman–Crippen MR) is 54.4 cm³/mol. The Kier molecular flexibility index (Phi) is 3.03. The van der Waals surface area contributed by atoms with Crippen molar-refractivity contribution < 1.29 is 4.79 Å². The molecule has 0 aliphatic heterocycles. The number of rotatable bonds is 2. The number of anilines is 1. The highest BCUT2D eigenvalue weighted by Gasteiger charge is 2.14. The van der Waals surface area contributed by atoms with E-state index >= 15 is 0 Å². The first-order valence-electron chi connectivity index (χ1n) is 4.11. The van der Waals surface area contributed by atoms with Gasteiger partial charge in [-0.1, -0.05) is 24.8 Å². The Balaban J connectivity index is 3.01. The molecule has 0 N–H and O–H groups in total. The van der Waals surface area contributed by atoms with Crippen LogP contribution in [0.15, 0.2) is 42.5 Å². The van der Waals surface area contributed by atoms with E-state index in [1.807, 2.05) is 12.3 Å². The lowest BCUT2D eigenvalue weighted by Crippen LogP contribution is -2.25. The van der Waals surface area contributed by atoms with Crippen LogP contribution in [-0.2, 0) is 4.79 Å². The number of hydrogen-bond acceptors (Lipinski definition) is 2. The highest BCUT2D eigenvalue weighted by molar-refractivity contribution is 6.06. The number of nitrogens with zero attached hydrogens (tertiary/aromatic N) is 2. The van der Waals surface area contributed by atoms with E-state index in [1.165, 1.54) is 0 Å². The second-order valence-electron chi connectivity index (χ2n) is 2.86. The monoisotopic (exact) mass is 186 g/mol. The molecule has 0 aromatic heterocycles. The smallest absolute Gasteiger partial charge is 0.266 e. The van der Waals surface area contributed by atoms with Gasteiger partial charge in [0.2, 0.25) is 0 Å². The summed E-state index contributed by atoms with van der Waals surface area (Å²) in [5.74, 6) is -0.376. The minimum absolute atomic E-state index is 0.343. The fourth-order valence-corrected chi connectivity index (χ4v) is 0.988. The molecule has 0 saturated heterocycles. The largest absolute Gasteiger partial charge is 0.268 e. The van der Waals surface area contributed by atoms with Gasteiger partial charge in [-0.25, -0.2) is 4.90 Å². The topological polar surface area (TPSA) is 44.1 Å². The zero-order valence-corrected chi connectivity index (χ0v) is 7.90. The van der Waals surface area contributed by atoms with E-state index in [0.29, 0.717) is 11.3 Å². The second-order valence-corrected chi connectivity index (χ2v) is 2.86. The van der Waals surface area contributed by atoms with Crippen molar-refractivity contribution in [2.75, 3.05) is 4.90 Å². The molecule has 0 aliphatic carbocycles. The lowest BCUT2D eigenvalue weighted by atomic mass is 10.2. The summed E-state index contributed by atoms with van der Waals surface area (Å²) in [4.78, 5) is 12.5. The van der Waals surface area contributed by atoms with Gasteiger partial charge in [0.25, 0.3) is 5.91 Å². The molecule has 0 aliphatic rings. The van der Waals surface area contributed by atoms with Crippen LogP contribution in [-0.4, -0.2) is 5.91 Å². The summed E-state index contributed by atoms with van der Waals surface area (Å²) in [6, 6.07) is 8.76. The van der Waals surface area contributed by atoms with Crippen LogP contribution in [0.1, 0.15) is 6.92 Å². The average molecular weight is 186 g/mol. The van der Waals surface area contributed by atoms with Crippen molar-refractivity contribution >= 4 is 11.6 Å². The molecule has 0 atom stereocenters. The van der Waals surface area contributed by atoms with Crippen molar-refractivity contribution in [1.29, 1.82) is 5.26 Å². The molecule has 0 radical (unpaired) electrons. The molecule has 3 heteroatoms. The normalized spacial score (nSPS) is 8.86. The molecule has 1 amide bonds. The maximum Gasteiger partial charge on any atom is 0.266 e. The zero-order chi connectivity index (χ0) is 10.6. The molecule has 70 valence electrons. The first-order valence-corrected chi connectivity index (χ1v) is 4.11. The van der Waals surface area contributed by atoms with Gasteiger partial charge in [-0.15, -0.1) is 0 Å². The fourth-order valence-electron chi connectivity index (χ4n) is 0.988. The van der Waals surface area contributed by atoms with E-state index in [0.717, 1.165) is 4.90 Å². The van der Waals surface area contributed by atoms with Crippen molar-refractivity contribution in [3.63, 3.8) is 0 Å². The Morgan fingerprint density at radius 1 is 1.43 bits per heavy atom. The van der Waals surface area contributed by atoms with E-state index in [9.17, 15) is 4.79 Å². The quantitative estimate of drug-likeness (QED) is 0.403. The van der Waals surface area contributed by atoms with Crippen LogP contribution in [0.5, 0.6) is 0 Å². The third-order valence-electron chi connectivity index (χ3n) is 1.68. The number of carbonyl (C=O) groups excluding carboxylic acids is 1. The number of nitriles is 1. The molecular weight excluding hydrogens is 176 g/mol. The van der Waals surface area contributed by atoms with Crippen molar-refractivity contribution in [3.05, 3.63) is 42.5 Å². The SMILES string of the molecule is C=C(C)C(=O)N(C#N)c1ccccc1. The van der Waals surface area contributed by atoms with Crippen LogP contribution in [0.25, 0.3) is 0 Å². The lowest BCUT2D eigenvalue weighted by molar-refractivity contribution is -0.114. The number of para-hydroxylation sites is 1. The summed E-state index contributed by atoms with van der Waals surface area (Å²) < 4.78 is 0. The number of benzene rings is 1. The minimum Gasteiger partial charge on any atom is -0.268 e. The molecule has 0 saturated carbocycles. The Bertz CT molecular complexity index is 389. The summed E-state index contributed by atoms with van der Waals surface area (Å²) in [7, 11) is 0. The summed E-state index contributed by atoms with van der Waals surface area (Å²) in [5.41, 5.74) is 0.901. The van der Waals surface area contributed by atoms with Crippen LogP contribution < -0.4 is 4.90 Å². The van der Waals surface area contributed by atoms with Gasteiger partial charge in [0, 0.05) is 5.57 Å². The zero-order valence-electron chi connectivity index (χ0n) is 7.90. The Labute approximate surface area is 82.9 Å². The Hall–Kier alpha value is -2.08. The summed E-state index contributed by atoms with van der Waals surface area (Å²) >= 11 is 0. The van der Waals surface area contributed by atoms with E-state index in [1.54, 1.807) is 31.2 Å². The van der Waals surface area contributed by atoms with Gasteiger partial charge in [0.15, 0.2) is 6.19 Å². The van der Waals surface area contributed by atoms with Gasteiger partial charge in [-0.2, -0.15) is 5.26 Å². The maximum absolute atomic E-state index is 11.5. The average Bonchev–Trinajstić information content (AvgIpc) is 2.20. The third kappa shape index (κ3) is 1.99. The first-order chi connectivity index (χ1) is 6.66. The summed E-state index contributed by atoms with van der Waals surface area (Å²) in [6.07, 6.45) is 1.82. The molecule has 1 aromatic rings. The van der Waals surface area contributed by atoms with E-state index in [4.69, 9.17) is 5.26 Å². The molecule has 14 heavy (non-hydrogen) atoms. The van der Waals surface area contributed by atoms with Crippen LogP contribution in [0.2, 0.25) is 0 Å². The van der Waals surface area contributed by atoms with Crippen molar-refractivity contribution in [2.45, 2.75) is 6.92 Å². The molecule has 1 rings (SSSR count). The molecule has 0 unspecified atom stereocenters. The maximum atomic E-state index is 11.5. The molecule has 0 spiro atoms. The predicted octanol–water partition coefficient (Wildman–Crippen LogP) is 2.08. The highest BCUT2D eigenvalue weighted by atomic mass is 16.2. The second kappa shape index (κ2) is 4.24. The molecular formula is C11H10N2O. The molecule has 0 heterocycles. The van der Waals surface area contributed by atoms with Crippen LogP contribution in [0, 0.1) is 11.5 Å². The fraction of sp³-hybridized carbons (Fsp3) is 0.0909. The number of carbonyl (C=O) groups is 1. The Morgan fingerprint density at radius 3 is 2.43 bits per heavy atom. The first kappa shape index (κ1) is 10.0. The van der Waals surface area contributed by atoms with E-state index < -0.39 is 0 Å². The van der Waals surface area contributed by atoms with Gasteiger partial charge in [-0.3, -0.25) is 4.79 Å². The summed E-state index contributed by atoms with van der Waals surface area (Å²) in [6.45, 7) is 5.09. The molecule has 1 aromatic carbocycles. The molecule has 0 bridgehead atoms. The number of amides is 1. The van der Waals surface area contributed by atoms with E-state index in [2.05, 4.69) is 6.58 Å². The molecule has 0 fully saturated rings. The number of hydrogen-bond donors (Lipinski definition) is 0.